The number of nitrogens with zero attached hydrogens (tertiary/aromatic N) is 2. The van der Waals surface area contributed by atoms with Gasteiger partial charge >= 0.3 is 0 Å². The average Bonchev–Trinajstić information content (AvgIpc) is 3.39. The van der Waals surface area contributed by atoms with Gasteiger partial charge in [-0.05, 0) is 35.2 Å². The van der Waals surface area contributed by atoms with Crippen LogP contribution in [0.25, 0.3) is 21.5 Å². The van der Waals surface area contributed by atoms with E-state index in [-0.39, 0.29) is 11.3 Å². The summed E-state index contributed by atoms with van der Waals surface area (Å²) in [6.45, 7) is 8.35. The highest BCUT2D eigenvalue weighted by molar-refractivity contribution is 7.17. The van der Waals surface area contributed by atoms with Gasteiger partial charge in [0.05, 0.1) is 22.1 Å². The number of nitrogens with one attached hydrogen (secondary N) is 4. The van der Waals surface area contributed by atoms with Crippen LogP contribution in [0, 0.1) is 5.41 Å². The van der Waals surface area contributed by atoms with Gasteiger partial charge in [0.15, 0.2) is 0 Å². The molecule has 3 heterocycles. The van der Waals surface area contributed by atoms with Gasteiger partial charge in [-0.25, -0.2) is 4.98 Å². The quantitative estimate of drug-likeness (QED) is 0.380. The number of fused-ring (bicyclic) bond motifs is 1. The molecule has 1 aromatic carbocycles. The number of thiophene rings is 1. The van der Waals surface area contributed by atoms with Gasteiger partial charge in [0.25, 0.3) is 5.91 Å². The van der Waals surface area contributed by atoms with E-state index in [0.717, 1.165) is 34.6 Å². The fraction of sp³-hybridized carbons (Fsp3) is 0.286. The summed E-state index contributed by atoms with van der Waals surface area (Å²) >= 11 is 1.42. The van der Waals surface area contributed by atoms with E-state index >= 15 is 0 Å². The Hall–Kier alpha value is -2.97. The summed E-state index contributed by atoms with van der Waals surface area (Å²) in [4.78, 5) is 21.9. The smallest absolute Gasteiger partial charge is 0.268 e. The van der Waals surface area contributed by atoms with Crippen molar-refractivity contribution >= 4 is 34.2 Å². The molecule has 4 aromatic rings. The van der Waals surface area contributed by atoms with Crippen LogP contribution in [0.15, 0.2) is 42.7 Å². The van der Waals surface area contributed by atoms with Gasteiger partial charge in [-0.1, -0.05) is 26.8 Å². The van der Waals surface area contributed by atoms with Crippen molar-refractivity contribution in [2.45, 2.75) is 27.3 Å². The van der Waals surface area contributed by atoms with Crippen molar-refractivity contribution < 1.29 is 4.79 Å². The van der Waals surface area contributed by atoms with E-state index in [1.807, 2.05) is 18.2 Å². The van der Waals surface area contributed by atoms with Crippen LogP contribution in [-0.4, -0.2) is 32.6 Å². The predicted molar refractivity (Wildman–Crippen MR) is 117 cm³/mol. The second-order valence-corrected chi connectivity index (χ2v) is 9.29. The Balaban J connectivity index is 1.43. The molecule has 150 valence electrons. The van der Waals surface area contributed by atoms with Gasteiger partial charge in [0.1, 0.15) is 0 Å². The Morgan fingerprint density at radius 3 is 2.83 bits per heavy atom. The number of rotatable bonds is 6. The summed E-state index contributed by atoms with van der Waals surface area (Å²) in [5.74, 6) is 0.263. The molecule has 0 atom stereocenters. The Labute approximate surface area is 173 Å². The molecule has 0 saturated heterocycles. The summed E-state index contributed by atoms with van der Waals surface area (Å²) in [7, 11) is 0. The second kappa shape index (κ2) is 7.81. The highest BCUT2D eigenvalue weighted by Gasteiger charge is 2.14. The zero-order chi connectivity index (χ0) is 20.4. The lowest BCUT2D eigenvalue weighted by atomic mass is 9.97. The molecule has 3 aromatic heterocycles. The van der Waals surface area contributed by atoms with E-state index in [1.54, 1.807) is 12.4 Å². The van der Waals surface area contributed by atoms with Crippen LogP contribution in [0.3, 0.4) is 0 Å². The van der Waals surface area contributed by atoms with Crippen molar-refractivity contribution in [2.75, 3.05) is 11.9 Å². The normalized spacial score (nSPS) is 11.8. The van der Waals surface area contributed by atoms with Gasteiger partial charge in [0, 0.05) is 29.7 Å². The number of hydrogen-bond donors (Lipinski definition) is 4. The van der Waals surface area contributed by atoms with Crippen molar-refractivity contribution in [2.24, 2.45) is 5.41 Å². The summed E-state index contributed by atoms with van der Waals surface area (Å²) in [5.41, 5.74) is 4.11. The van der Waals surface area contributed by atoms with Crippen LogP contribution in [0.1, 0.15) is 36.0 Å². The molecule has 0 spiro atoms. The summed E-state index contributed by atoms with van der Waals surface area (Å²) in [5, 5.41) is 13.1. The van der Waals surface area contributed by atoms with E-state index in [1.165, 1.54) is 16.9 Å². The Bertz CT molecular complexity index is 1120. The molecule has 0 bridgehead atoms. The monoisotopic (exact) mass is 408 g/mol. The first kappa shape index (κ1) is 19.4. The number of carbonyl (C=O) groups excluding carboxylic acids is 1. The van der Waals surface area contributed by atoms with Gasteiger partial charge in [-0.15, -0.1) is 11.3 Å². The third kappa shape index (κ3) is 4.72. The number of amides is 1. The maximum atomic E-state index is 12.6. The summed E-state index contributed by atoms with van der Waals surface area (Å²) < 4.78 is 0. The maximum absolute atomic E-state index is 12.6. The van der Waals surface area contributed by atoms with Gasteiger partial charge < -0.3 is 10.3 Å². The minimum Gasteiger partial charge on any atom is -0.324 e. The average molecular weight is 409 g/mol. The first-order chi connectivity index (χ1) is 13.9. The van der Waals surface area contributed by atoms with E-state index in [2.05, 4.69) is 63.7 Å². The maximum Gasteiger partial charge on any atom is 0.268 e. The molecule has 7 nitrogen and oxygen atoms in total. The lowest BCUT2D eigenvalue weighted by Crippen LogP contribution is -2.26. The zero-order valence-corrected chi connectivity index (χ0v) is 17.5. The standard InChI is InChI=1S/C21H24N6OS/c1-21(2,3)12-22-9-13-4-5-15-16(8-13)26-20(25-15)27-19(28)18-7-6-17(29-18)14-10-23-24-11-14/h4-8,10-11,22H,9,12H2,1-3H3,(H,23,24)(H2,25,26,27,28). The van der Waals surface area contributed by atoms with Gasteiger partial charge in [-0.2, -0.15) is 5.10 Å². The largest absolute Gasteiger partial charge is 0.324 e. The lowest BCUT2D eigenvalue weighted by Gasteiger charge is -2.18. The number of aromatic nitrogens is 4. The van der Waals surface area contributed by atoms with Crippen LogP contribution >= 0.6 is 11.3 Å². The molecule has 0 fully saturated rings. The minimum atomic E-state index is -0.184. The third-order valence-corrected chi connectivity index (χ3v) is 5.51. The highest BCUT2D eigenvalue weighted by atomic mass is 32.1. The van der Waals surface area contributed by atoms with E-state index in [4.69, 9.17) is 0 Å². The van der Waals surface area contributed by atoms with Gasteiger partial charge in [-0.3, -0.25) is 15.2 Å². The van der Waals surface area contributed by atoms with Gasteiger partial charge in [0.2, 0.25) is 5.95 Å². The SMILES string of the molecule is CC(C)(C)CNCc1ccc2nc(NC(=O)c3ccc(-c4cn[nH]c4)s3)[nH]c2c1. The number of aromatic amines is 2. The molecule has 0 saturated carbocycles. The Kier molecular flexibility index (Phi) is 5.21. The Morgan fingerprint density at radius 1 is 1.21 bits per heavy atom. The van der Waals surface area contributed by atoms with Crippen LogP contribution in [-0.2, 0) is 6.54 Å². The topological polar surface area (TPSA) is 98.5 Å². The lowest BCUT2D eigenvalue weighted by molar-refractivity contribution is 0.103. The number of benzene rings is 1. The van der Waals surface area contributed by atoms with E-state index in [0.29, 0.717) is 10.8 Å². The van der Waals surface area contributed by atoms with Crippen molar-refractivity contribution in [3.63, 3.8) is 0 Å². The zero-order valence-electron chi connectivity index (χ0n) is 16.7. The third-order valence-electron chi connectivity index (χ3n) is 4.38. The molecule has 0 unspecified atom stereocenters. The highest BCUT2D eigenvalue weighted by Crippen LogP contribution is 2.27. The van der Waals surface area contributed by atoms with Crippen LogP contribution < -0.4 is 10.6 Å². The number of hydrogen-bond acceptors (Lipinski definition) is 5. The summed E-state index contributed by atoms with van der Waals surface area (Å²) in [6, 6.07) is 9.82. The van der Waals surface area contributed by atoms with Crippen LogP contribution in [0.4, 0.5) is 5.95 Å². The van der Waals surface area contributed by atoms with Crippen LogP contribution in [0.2, 0.25) is 0 Å². The van der Waals surface area contributed by atoms with Crippen molar-refractivity contribution in [3.8, 4) is 10.4 Å². The molecule has 1 amide bonds. The Morgan fingerprint density at radius 2 is 2.07 bits per heavy atom. The summed E-state index contributed by atoms with van der Waals surface area (Å²) in [6.07, 6.45) is 3.54. The number of imidazole rings is 1. The molecule has 0 aliphatic rings. The van der Waals surface area contributed by atoms with E-state index in [9.17, 15) is 4.79 Å². The molecule has 4 rings (SSSR count). The predicted octanol–water partition coefficient (Wildman–Crippen LogP) is 4.40. The molecule has 8 heteroatoms. The molecule has 0 aliphatic heterocycles. The molecule has 0 aliphatic carbocycles. The van der Waals surface area contributed by atoms with E-state index < -0.39 is 0 Å². The molecule has 29 heavy (non-hydrogen) atoms. The van der Waals surface area contributed by atoms with Crippen LogP contribution in [0.5, 0.6) is 0 Å². The molecule has 0 radical (unpaired) electrons. The molecular weight excluding hydrogens is 384 g/mol. The molecule has 4 N–H and O–H groups in total. The van der Waals surface area contributed by atoms with Crippen molar-refractivity contribution in [1.29, 1.82) is 0 Å². The second-order valence-electron chi connectivity index (χ2n) is 8.21. The first-order valence-electron chi connectivity index (χ1n) is 9.47. The van der Waals surface area contributed by atoms with Crippen molar-refractivity contribution in [1.82, 2.24) is 25.5 Å². The molecular formula is C21H24N6OS. The number of carbonyl (C=O) groups is 1. The number of anilines is 1. The fourth-order valence-electron chi connectivity index (χ4n) is 2.98. The van der Waals surface area contributed by atoms with Crippen molar-refractivity contribution in [3.05, 3.63) is 53.2 Å². The fourth-order valence-corrected chi connectivity index (χ4v) is 3.86. The minimum absolute atomic E-state index is 0.184. The number of H-pyrrole nitrogens is 2. The first-order valence-corrected chi connectivity index (χ1v) is 10.3.